The van der Waals surface area contributed by atoms with E-state index in [2.05, 4.69) is 29.5 Å². The van der Waals surface area contributed by atoms with Crippen LogP contribution in [0.25, 0.3) is 10.2 Å². The maximum absolute atomic E-state index is 13.7. The molecule has 4 atom stereocenters. The number of fused-ring (bicyclic) bond motifs is 3. The fourth-order valence-electron chi connectivity index (χ4n) is 7.90. The molecule has 1 aliphatic heterocycles. The van der Waals surface area contributed by atoms with Gasteiger partial charge >= 0.3 is 6.18 Å². The Hall–Kier alpha value is -3.05. The van der Waals surface area contributed by atoms with Crippen molar-refractivity contribution in [3.8, 4) is 0 Å². The molecule has 2 aliphatic carbocycles. The van der Waals surface area contributed by atoms with Crippen molar-refractivity contribution < 1.29 is 31.9 Å². The topological polar surface area (TPSA) is 80.3 Å². The first kappa shape index (κ1) is 39.7. The Morgan fingerprint density at radius 3 is 2.34 bits per heavy atom. The highest BCUT2D eigenvalue weighted by Gasteiger charge is 2.51. The molecule has 1 saturated heterocycles. The second-order valence-electron chi connectivity index (χ2n) is 13.8. The maximum atomic E-state index is 13.7. The second-order valence-corrected chi connectivity index (χ2v) is 15.0. The van der Waals surface area contributed by atoms with Crippen LogP contribution in [0.3, 0.4) is 0 Å². The van der Waals surface area contributed by atoms with E-state index in [-0.39, 0.29) is 23.4 Å². The zero-order valence-corrected chi connectivity index (χ0v) is 31.1. The number of benzene rings is 2. The Balaban J connectivity index is 0.000000366. The van der Waals surface area contributed by atoms with Gasteiger partial charge in [0.05, 0.1) is 45.5 Å². The third kappa shape index (κ3) is 9.05. The van der Waals surface area contributed by atoms with Crippen molar-refractivity contribution in [2.24, 2.45) is 23.2 Å². The molecule has 3 aliphatic rings. The number of amides is 2. The van der Waals surface area contributed by atoms with Gasteiger partial charge in [-0.3, -0.25) is 9.59 Å². The van der Waals surface area contributed by atoms with E-state index in [1.165, 1.54) is 43.4 Å². The lowest BCUT2D eigenvalue weighted by Crippen LogP contribution is -2.48. The Bertz CT molecular complexity index is 1600. The van der Waals surface area contributed by atoms with Gasteiger partial charge in [-0.05, 0) is 87.1 Å². The lowest BCUT2D eigenvalue weighted by molar-refractivity contribution is -0.140. The molecular formula is C39H53F4N3O3S. The minimum absolute atomic E-state index is 0.0226. The molecule has 2 saturated carbocycles. The number of carbonyl (C=O) groups is 2. The number of carbonyl (C=O) groups excluding carboxylic acids is 2. The molecule has 4 unspecified atom stereocenters. The first-order valence-corrected chi connectivity index (χ1v) is 19.2. The predicted octanol–water partition coefficient (Wildman–Crippen LogP) is 10.5. The van der Waals surface area contributed by atoms with E-state index in [4.69, 9.17) is 4.74 Å². The van der Waals surface area contributed by atoms with Crippen LogP contribution in [0.4, 0.5) is 23.2 Å². The van der Waals surface area contributed by atoms with E-state index in [0.717, 1.165) is 72.2 Å². The molecule has 50 heavy (non-hydrogen) atoms. The summed E-state index contributed by atoms with van der Waals surface area (Å²) in [6.45, 7) is 14.5. The summed E-state index contributed by atoms with van der Waals surface area (Å²) in [5.41, 5.74) is 1.31. The third-order valence-electron chi connectivity index (χ3n) is 10.2. The standard InChI is InChI=1S/C27H27F4N3O2S.C10H20O.C2H6/c1-3-4-14-7-10-20-24(37-13(2)32-20)22(14)26(36)34-23-16-6-5-15(11-16)21(23)25(35)33-17-8-9-19(28)18(12-17)27(29,30)31;1-3-5-7-10(6-4-2)8-11-9-10;1-2/h7-10,12,15-16,21,23H,3-6,11H2,1-2H3,(H,33,35)(H,34,36);3-9H2,1-2H3;1-2H3. The minimum atomic E-state index is -4.88. The van der Waals surface area contributed by atoms with Crippen LogP contribution in [0.15, 0.2) is 30.3 Å². The number of hydrogen-bond acceptors (Lipinski definition) is 5. The fourth-order valence-corrected chi connectivity index (χ4v) is 8.89. The molecule has 2 N–H and O–H groups in total. The number of alkyl halides is 3. The lowest BCUT2D eigenvalue weighted by atomic mass is 9.77. The SMILES string of the molecule is CC.CCCCC1(CCC)COC1.CCCc1ccc2nc(C)sc2c1C(=O)NC1C2CCC(C2)C1C(=O)Nc1ccc(F)c(C(F)(F)F)c1. The van der Waals surface area contributed by atoms with Crippen LogP contribution in [0, 0.1) is 35.9 Å². The number of unbranched alkanes of at least 4 members (excludes halogenated alkanes) is 1. The predicted molar refractivity (Wildman–Crippen MR) is 193 cm³/mol. The number of thiazole rings is 1. The van der Waals surface area contributed by atoms with Crippen molar-refractivity contribution in [3.05, 3.63) is 57.8 Å². The molecule has 2 bridgehead atoms. The van der Waals surface area contributed by atoms with E-state index in [0.29, 0.717) is 23.1 Å². The van der Waals surface area contributed by atoms with Crippen LogP contribution >= 0.6 is 11.3 Å². The first-order valence-electron chi connectivity index (χ1n) is 18.3. The van der Waals surface area contributed by atoms with Crippen LogP contribution in [0.1, 0.15) is 119 Å². The van der Waals surface area contributed by atoms with Crippen molar-refractivity contribution in [1.29, 1.82) is 0 Å². The molecule has 276 valence electrons. The van der Waals surface area contributed by atoms with Crippen molar-refractivity contribution in [3.63, 3.8) is 0 Å². The smallest absolute Gasteiger partial charge is 0.380 e. The number of anilines is 1. The van der Waals surface area contributed by atoms with Gasteiger partial charge in [0.25, 0.3) is 5.91 Å². The zero-order chi connectivity index (χ0) is 36.6. The minimum Gasteiger partial charge on any atom is -0.380 e. The zero-order valence-electron chi connectivity index (χ0n) is 30.3. The van der Waals surface area contributed by atoms with E-state index in [1.54, 1.807) is 0 Å². The Kier molecular flexibility index (Phi) is 13.9. The van der Waals surface area contributed by atoms with Crippen molar-refractivity contribution >= 4 is 39.1 Å². The van der Waals surface area contributed by atoms with Gasteiger partial charge in [-0.2, -0.15) is 13.2 Å². The van der Waals surface area contributed by atoms with Gasteiger partial charge in [-0.15, -0.1) is 11.3 Å². The van der Waals surface area contributed by atoms with Gasteiger partial charge in [0.2, 0.25) is 5.91 Å². The average Bonchev–Trinajstić information content (AvgIpc) is 3.78. The largest absolute Gasteiger partial charge is 0.419 e. The Morgan fingerprint density at radius 1 is 1.00 bits per heavy atom. The number of aryl methyl sites for hydroxylation is 2. The molecule has 11 heteroatoms. The molecule has 6 nitrogen and oxygen atoms in total. The maximum Gasteiger partial charge on any atom is 0.419 e. The van der Waals surface area contributed by atoms with E-state index >= 15 is 0 Å². The van der Waals surface area contributed by atoms with E-state index in [9.17, 15) is 27.2 Å². The number of nitrogens with one attached hydrogen (secondary N) is 2. The van der Waals surface area contributed by atoms with Crippen LogP contribution < -0.4 is 10.6 Å². The fraction of sp³-hybridized carbons (Fsp3) is 0.615. The number of aromatic nitrogens is 1. The number of nitrogens with zero attached hydrogens (tertiary/aromatic N) is 1. The summed E-state index contributed by atoms with van der Waals surface area (Å²) in [4.78, 5) is 31.5. The van der Waals surface area contributed by atoms with Crippen LogP contribution in [-0.2, 0) is 22.1 Å². The van der Waals surface area contributed by atoms with Crippen LogP contribution in [0.2, 0.25) is 0 Å². The highest BCUT2D eigenvalue weighted by atomic mass is 32.1. The van der Waals surface area contributed by atoms with Crippen molar-refractivity contribution in [2.45, 2.75) is 118 Å². The summed E-state index contributed by atoms with van der Waals surface area (Å²) >= 11 is 1.46. The second kappa shape index (κ2) is 17.4. The third-order valence-corrected chi connectivity index (χ3v) is 11.2. The lowest BCUT2D eigenvalue weighted by Gasteiger charge is -2.41. The average molecular weight is 720 g/mol. The number of rotatable bonds is 11. The Labute approximate surface area is 298 Å². The van der Waals surface area contributed by atoms with Gasteiger partial charge < -0.3 is 15.4 Å². The summed E-state index contributed by atoms with van der Waals surface area (Å²) < 4.78 is 59.3. The normalized spacial score (nSPS) is 21.8. The summed E-state index contributed by atoms with van der Waals surface area (Å²) in [7, 11) is 0. The molecule has 0 radical (unpaired) electrons. The highest BCUT2D eigenvalue weighted by Crippen LogP contribution is 2.49. The van der Waals surface area contributed by atoms with Gasteiger partial charge in [0, 0.05) is 17.1 Å². The summed E-state index contributed by atoms with van der Waals surface area (Å²) in [6.07, 6.45) is 5.94. The van der Waals surface area contributed by atoms with E-state index in [1.807, 2.05) is 39.8 Å². The molecule has 2 amide bonds. The quantitative estimate of drug-likeness (QED) is 0.193. The summed E-state index contributed by atoms with van der Waals surface area (Å²) in [5, 5.41) is 6.53. The summed E-state index contributed by atoms with van der Waals surface area (Å²) in [5.74, 6) is -2.56. The molecule has 3 aromatic rings. The van der Waals surface area contributed by atoms with Gasteiger partial charge in [-0.1, -0.05) is 66.4 Å². The van der Waals surface area contributed by atoms with Crippen molar-refractivity contribution in [1.82, 2.24) is 10.3 Å². The molecule has 0 spiro atoms. The van der Waals surface area contributed by atoms with Crippen LogP contribution in [0.5, 0.6) is 0 Å². The van der Waals surface area contributed by atoms with Gasteiger partial charge in [0.15, 0.2) is 0 Å². The molecular weight excluding hydrogens is 667 g/mol. The monoisotopic (exact) mass is 719 g/mol. The molecule has 2 aromatic carbocycles. The Morgan fingerprint density at radius 2 is 1.72 bits per heavy atom. The first-order chi connectivity index (χ1) is 23.9. The highest BCUT2D eigenvalue weighted by molar-refractivity contribution is 7.19. The van der Waals surface area contributed by atoms with Crippen molar-refractivity contribution in [2.75, 3.05) is 18.5 Å². The van der Waals surface area contributed by atoms with Gasteiger partial charge in [0.1, 0.15) is 5.82 Å². The molecule has 6 rings (SSSR count). The number of halogens is 4. The van der Waals surface area contributed by atoms with E-state index < -0.39 is 35.4 Å². The van der Waals surface area contributed by atoms with Gasteiger partial charge in [-0.25, -0.2) is 9.37 Å². The molecule has 1 aromatic heterocycles. The number of hydrogen-bond donors (Lipinski definition) is 2. The number of ether oxygens (including phenoxy) is 1. The molecule has 2 heterocycles. The molecule has 3 fully saturated rings. The summed E-state index contributed by atoms with van der Waals surface area (Å²) in [6, 6.07) is 5.84. The van der Waals surface area contributed by atoms with Crippen LogP contribution in [-0.4, -0.2) is 36.1 Å².